The lowest BCUT2D eigenvalue weighted by atomic mass is 10.1. The second-order valence-electron chi connectivity index (χ2n) is 4.09. The lowest BCUT2D eigenvalue weighted by molar-refractivity contribution is 0.0696. The molecule has 1 heterocycles. The molecule has 0 aliphatic carbocycles. The SMILES string of the molecule is Cc1ccnc(Nc2ccc(Br)c(C(=O)O)c2)c1C#N. The average Bonchev–Trinajstić information content (AvgIpc) is 2.41. The summed E-state index contributed by atoms with van der Waals surface area (Å²) in [6.45, 7) is 1.82. The number of nitrogens with zero attached hydrogens (tertiary/aromatic N) is 2. The lowest BCUT2D eigenvalue weighted by Crippen LogP contribution is -2.02. The maximum atomic E-state index is 11.1. The first-order valence-corrected chi connectivity index (χ1v) is 6.48. The molecule has 2 aromatic rings. The van der Waals surface area contributed by atoms with Crippen molar-refractivity contribution in [3.63, 3.8) is 0 Å². The maximum Gasteiger partial charge on any atom is 0.336 e. The number of aromatic carboxylic acids is 1. The maximum absolute atomic E-state index is 11.1. The number of rotatable bonds is 3. The number of nitrogens with one attached hydrogen (secondary N) is 1. The van der Waals surface area contributed by atoms with Crippen LogP contribution in [0.1, 0.15) is 21.5 Å². The van der Waals surface area contributed by atoms with Gasteiger partial charge >= 0.3 is 5.97 Å². The normalized spacial score (nSPS) is 9.85. The molecule has 0 spiro atoms. The monoisotopic (exact) mass is 331 g/mol. The van der Waals surface area contributed by atoms with E-state index in [-0.39, 0.29) is 5.56 Å². The summed E-state index contributed by atoms with van der Waals surface area (Å²) >= 11 is 3.18. The van der Waals surface area contributed by atoms with Crippen LogP contribution in [-0.2, 0) is 0 Å². The zero-order chi connectivity index (χ0) is 14.7. The van der Waals surface area contributed by atoms with Gasteiger partial charge in [0.05, 0.1) is 11.1 Å². The van der Waals surface area contributed by atoms with Crippen LogP contribution in [0.5, 0.6) is 0 Å². The van der Waals surface area contributed by atoms with Crippen molar-refractivity contribution in [1.29, 1.82) is 5.26 Å². The van der Waals surface area contributed by atoms with E-state index < -0.39 is 5.97 Å². The van der Waals surface area contributed by atoms with Gasteiger partial charge in [-0.15, -0.1) is 0 Å². The van der Waals surface area contributed by atoms with Gasteiger partial charge in [-0.3, -0.25) is 0 Å². The van der Waals surface area contributed by atoms with Crippen molar-refractivity contribution in [3.8, 4) is 6.07 Å². The molecule has 0 saturated carbocycles. The Balaban J connectivity index is 2.41. The molecule has 1 aromatic carbocycles. The average molecular weight is 332 g/mol. The number of halogens is 1. The molecule has 0 unspecified atom stereocenters. The van der Waals surface area contributed by atoms with Crippen LogP contribution in [0.15, 0.2) is 34.9 Å². The Bertz CT molecular complexity index is 723. The fraction of sp³-hybridized carbons (Fsp3) is 0.0714. The quantitative estimate of drug-likeness (QED) is 0.899. The van der Waals surface area contributed by atoms with Crippen LogP contribution in [0.2, 0.25) is 0 Å². The lowest BCUT2D eigenvalue weighted by Gasteiger charge is -2.10. The summed E-state index contributed by atoms with van der Waals surface area (Å²) in [6, 6.07) is 8.65. The third kappa shape index (κ3) is 2.78. The number of aromatic nitrogens is 1. The summed E-state index contributed by atoms with van der Waals surface area (Å²) in [7, 11) is 0. The van der Waals surface area contributed by atoms with Gasteiger partial charge in [0.25, 0.3) is 0 Å². The first kappa shape index (κ1) is 14.0. The van der Waals surface area contributed by atoms with Crippen molar-refractivity contribution >= 4 is 33.4 Å². The predicted molar refractivity (Wildman–Crippen MR) is 78.1 cm³/mol. The molecule has 1 aromatic heterocycles. The first-order chi connectivity index (χ1) is 9.52. The number of hydrogen-bond donors (Lipinski definition) is 2. The van der Waals surface area contributed by atoms with E-state index in [0.717, 1.165) is 5.56 Å². The van der Waals surface area contributed by atoms with Gasteiger partial charge < -0.3 is 10.4 Å². The summed E-state index contributed by atoms with van der Waals surface area (Å²) in [6.07, 6.45) is 1.59. The molecule has 0 aliphatic rings. The molecule has 0 amide bonds. The van der Waals surface area contributed by atoms with Crippen molar-refractivity contribution in [2.45, 2.75) is 6.92 Å². The summed E-state index contributed by atoms with van der Waals surface area (Å²) in [5, 5.41) is 21.2. The van der Waals surface area contributed by atoms with Crippen LogP contribution in [0, 0.1) is 18.3 Å². The summed E-state index contributed by atoms with van der Waals surface area (Å²) in [5.74, 6) is -0.621. The van der Waals surface area contributed by atoms with Crippen molar-refractivity contribution in [3.05, 3.63) is 51.6 Å². The highest BCUT2D eigenvalue weighted by Crippen LogP contribution is 2.25. The molecule has 2 N–H and O–H groups in total. The standard InChI is InChI=1S/C14H10BrN3O2/c1-8-4-5-17-13(11(8)7-16)18-9-2-3-12(15)10(6-9)14(19)20/h2-6H,1H3,(H,17,18)(H,19,20). The van der Waals surface area contributed by atoms with Gasteiger partial charge in [0.2, 0.25) is 0 Å². The van der Waals surface area contributed by atoms with Gasteiger partial charge in [0, 0.05) is 16.4 Å². The highest BCUT2D eigenvalue weighted by Gasteiger charge is 2.11. The van der Waals surface area contributed by atoms with Gasteiger partial charge in [-0.05, 0) is 52.7 Å². The number of carboxylic acid groups (broad SMARTS) is 1. The van der Waals surface area contributed by atoms with Crippen LogP contribution in [0.25, 0.3) is 0 Å². The van der Waals surface area contributed by atoms with E-state index >= 15 is 0 Å². The van der Waals surface area contributed by atoms with E-state index in [9.17, 15) is 4.79 Å². The molecule has 0 fully saturated rings. The van der Waals surface area contributed by atoms with E-state index in [1.54, 1.807) is 24.4 Å². The Morgan fingerprint density at radius 1 is 1.45 bits per heavy atom. The Labute approximate surface area is 124 Å². The minimum Gasteiger partial charge on any atom is -0.478 e. The summed E-state index contributed by atoms with van der Waals surface area (Å²) in [4.78, 5) is 15.2. The van der Waals surface area contributed by atoms with Crippen molar-refractivity contribution in [2.75, 3.05) is 5.32 Å². The molecule has 20 heavy (non-hydrogen) atoms. The Morgan fingerprint density at radius 3 is 2.85 bits per heavy atom. The zero-order valence-electron chi connectivity index (χ0n) is 10.5. The van der Waals surface area contributed by atoms with Crippen LogP contribution < -0.4 is 5.32 Å². The Morgan fingerprint density at radius 2 is 2.20 bits per heavy atom. The molecule has 5 nitrogen and oxygen atoms in total. The summed E-state index contributed by atoms with van der Waals surface area (Å²) < 4.78 is 0.494. The predicted octanol–water partition coefficient (Wildman–Crippen LogP) is 3.47. The van der Waals surface area contributed by atoms with Crippen molar-refractivity contribution < 1.29 is 9.90 Å². The van der Waals surface area contributed by atoms with E-state index in [0.29, 0.717) is 21.5 Å². The molecular formula is C14H10BrN3O2. The van der Waals surface area contributed by atoms with E-state index in [2.05, 4.69) is 32.3 Å². The highest BCUT2D eigenvalue weighted by molar-refractivity contribution is 9.10. The molecular weight excluding hydrogens is 322 g/mol. The number of nitriles is 1. The van der Waals surface area contributed by atoms with Gasteiger partial charge in [-0.1, -0.05) is 0 Å². The molecule has 0 bridgehead atoms. The molecule has 6 heteroatoms. The van der Waals surface area contributed by atoms with Gasteiger partial charge in [-0.2, -0.15) is 5.26 Å². The minimum atomic E-state index is -1.03. The number of benzene rings is 1. The molecule has 100 valence electrons. The zero-order valence-corrected chi connectivity index (χ0v) is 12.1. The number of carbonyl (C=O) groups is 1. The van der Waals surface area contributed by atoms with Gasteiger partial charge in [0.1, 0.15) is 11.9 Å². The second kappa shape index (κ2) is 5.72. The number of carboxylic acids is 1. The number of aryl methyl sites for hydroxylation is 1. The fourth-order valence-electron chi connectivity index (χ4n) is 1.70. The first-order valence-electron chi connectivity index (χ1n) is 5.68. The number of hydrogen-bond acceptors (Lipinski definition) is 4. The molecule has 0 radical (unpaired) electrons. The van der Waals surface area contributed by atoms with Crippen LogP contribution in [0.4, 0.5) is 11.5 Å². The number of anilines is 2. The molecule has 2 rings (SSSR count). The second-order valence-corrected chi connectivity index (χ2v) is 4.94. The van der Waals surface area contributed by atoms with Gasteiger partial charge in [0.15, 0.2) is 0 Å². The van der Waals surface area contributed by atoms with E-state index in [4.69, 9.17) is 10.4 Å². The fourth-order valence-corrected chi connectivity index (χ4v) is 2.11. The van der Waals surface area contributed by atoms with E-state index in [1.165, 1.54) is 6.07 Å². The van der Waals surface area contributed by atoms with E-state index in [1.807, 2.05) is 6.92 Å². The Kier molecular flexibility index (Phi) is 4.01. The minimum absolute atomic E-state index is 0.140. The van der Waals surface area contributed by atoms with Crippen molar-refractivity contribution in [1.82, 2.24) is 4.98 Å². The molecule has 0 atom stereocenters. The van der Waals surface area contributed by atoms with Crippen LogP contribution in [0.3, 0.4) is 0 Å². The smallest absolute Gasteiger partial charge is 0.336 e. The van der Waals surface area contributed by atoms with Crippen LogP contribution >= 0.6 is 15.9 Å². The largest absolute Gasteiger partial charge is 0.478 e. The third-order valence-electron chi connectivity index (χ3n) is 2.73. The molecule has 0 aliphatic heterocycles. The molecule has 0 saturated heterocycles. The van der Waals surface area contributed by atoms with Crippen LogP contribution in [-0.4, -0.2) is 16.1 Å². The summed E-state index contributed by atoms with van der Waals surface area (Å²) in [5.41, 5.74) is 1.94. The number of pyridine rings is 1. The Hall–Kier alpha value is -2.39. The van der Waals surface area contributed by atoms with Crippen molar-refractivity contribution in [2.24, 2.45) is 0 Å². The van der Waals surface area contributed by atoms with Gasteiger partial charge in [-0.25, -0.2) is 9.78 Å². The third-order valence-corrected chi connectivity index (χ3v) is 3.42. The highest BCUT2D eigenvalue weighted by atomic mass is 79.9. The topological polar surface area (TPSA) is 86.0 Å².